The Morgan fingerprint density at radius 2 is 0.586 bits per heavy atom. The molecule has 2 atom stereocenters. The van der Waals surface area contributed by atoms with Crippen LogP contribution in [0, 0.1) is 0 Å². The number of methoxy groups -OCH3 is 6. The summed E-state index contributed by atoms with van der Waals surface area (Å²) in [7, 11) is 10.1. The minimum Gasteiger partial charge on any atom is -0.356 e. The van der Waals surface area contributed by atoms with E-state index >= 15 is 0 Å². The van der Waals surface area contributed by atoms with E-state index in [2.05, 4.69) is 0 Å². The first-order valence-corrected chi connectivity index (χ1v) is 11.0. The van der Waals surface area contributed by atoms with E-state index in [1.165, 1.54) is 0 Å². The molecule has 7 nitrogen and oxygen atoms in total. The predicted molar refractivity (Wildman–Crippen MR) is 114 cm³/mol. The van der Waals surface area contributed by atoms with E-state index in [1.54, 1.807) is 42.7 Å². The first-order valence-electron chi connectivity index (χ1n) is 11.0. The molecule has 0 saturated carbocycles. The highest BCUT2D eigenvalue weighted by atomic mass is 16.8. The number of rotatable bonds is 22. The normalized spacial score (nSPS) is 14.1. The van der Waals surface area contributed by atoms with Crippen LogP contribution in [0.5, 0.6) is 0 Å². The van der Waals surface area contributed by atoms with Crippen LogP contribution in [0.1, 0.15) is 77.0 Å². The first-order chi connectivity index (χ1) is 14.1. The summed E-state index contributed by atoms with van der Waals surface area (Å²) in [6, 6.07) is 0. The molecule has 0 bridgehead atoms. The van der Waals surface area contributed by atoms with Gasteiger partial charge in [0, 0.05) is 42.7 Å². The minimum atomic E-state index is -0.213. The summed E-state index contributed by atoms with van der Waals surface area (Å²) >= 11 is 0. The van der Waals surface area contributed by atoms with Crippen molar-refractivity contribution in [1.82, 2.24) is 0 Å². The van der Waals surface area contributed by atoms with Crippen molar-refractivity contribution in [3.63, 3.8) is 0 Å². The van der Waals surface area contributed by atoms with Gasteiger partial charge in [-0.2, -0.15) is 0 Å². The van der Waals surface area contributed by atoms with Gasteiger partial charge in [0.05, 0.1) is 0 Å². The van der Waals surface area contributed by atoms with Crippen LogP contribution in [-0.4, -0.2) is 67.8 Å². The molecule has 0 fully saturated rings. The highest BCUT2D eigenvalue weighted by Gasteiger charge is 2.15. The molecule has 29 heavy (non-hydrogen) atoms. The Morgan fingerprint density at radius 1 is 0.345 bits per heavy atom. The largest absolute Gasteiger partial charge is 0.356 e. The minimum absolute atomic E-state index is 0.0890. The molecule has 0 aromatic rings. The molecule has 0 spiro atoms. The molecule has 0 saturated heterocycles. The number of unbranched alkanes of at least 4 members (excludes halogenated alkanes) is 6. The van der Waals surface area contributed by atoms with E-state index in [4.69, 9.17) is 33.2 Å². The quantitative estimate of drug-likeness (QED) is 0.182. The standard InChI is InChI=1S/C22H46O7/c1-23-19(24-2)15-11-7-9-13-17-21(27-5)29-22(28-6)18-14-10-8-12-16-20(25-3)26-4/h19-22H,7-18H2,1-6H3. The molecule has 0 aliphatic carbocycles. The summed E-state index contributed by atoms with van der Waals surface area (Å²) in [6.45, 7) is 0. The molecule has 0 heterocycles. The van der Waals surface area contributed by atoms with E-state index < -0.39 is 0 Å². The van der Waals surface area contributed by atoms with Crippen LogP contribution >= 0.6 is 0 Å². The van der Waals surface area contributed by atoms with Crippen LogP contribution in [-0.2, 0) is 33.2 Å². The lowest BCUT2D eigenvalue weighted by Gasteiger charge is -2.23. The van der Waals surface area contributed by atoms with Crippen LogP contribution < -0.4 is 0 Å². The smallest absolute Gasteiger partial charge is 0.160 e. The van der Waals surface area contributed by atoms with Gasteiger partial charge in [-0.15, -0.1) is 0 Å². The van der Waals surface area contributed by atoms with Gasteiger partial charge in [0.2, 0.25) is 0 Å². The van der Waals surface area contributed by atoms with Gasteiger partial charge in [0.15, 0.2) is 25.2 Å². The molecule has 0 aliphatic rings. The van der Waals surface area contributed by atoms with Crippen LogP contribution in [0.3, 0.4) is 0 Å². The van der Waals surface area contributed by atoms with Crippen LogP contribution in [0.25, 0.3) is 0 Å². The van der Waals surface area contributed by atoms with Crippen molar-refractivity contribution in [1.29, 1.82) is 0 Å². The van der Waals surface area contributed by atoms with Crippen LogP contribution in [0.15, 0.2) is 0 Å². The number of hydrogen-bond donors (Lipinski definition) is 0. The Kier molecular flexibility index (Phi) is 20.8. The number of hydrogen-bond acceptors (Lipinski definition) is 7. The second kappa shape index (κ2) is 21.0. The summed E-state index contributed by atoms with van der Waals surface area (Å²) in [4.78, 5) is 0. The fourth-order valence-corrected chi connectivity index (χ4v) is 3.27. The summed E-state index contributed by atoms with van der Waals surface area (Å²) < 4.78 is 37.8. The second-order valence-corrected chi connectivity index (χ2v) is 7.25. The van der Waals surface area contributed by atoms with Crippen molar-refractivity contribution in [2.24, 2.45) is 0 Å². The van der Waals surface area contributed by atoms with Crippen molar-refractivity contribution in [3.05, 3.63) is 0 Å². The zero-order valence-electron chi connectivity index (χ0n) is 19.7. The van der Waals surface area contributed by atoms with Gasteiger partial charge in [-0.1, -0.05) is 25.7 Å². The highest BCUT2D eigenvalue weighted by molar-refractivity contribution is 4.54. The van der Waals surface area contributed by atoms with E-state index in [9.17, 15) is 0 Å². The van der Waals surface area contributed by atoms with Gasteiger partial charge in [0.1, 0.15) is 0 Å². The van der Waals surface area contributed by atoms with E-state index in [1.807, 2.05) is 0 Å². The van der Waals surface area contributed by atoms with Gasteiger partial charge in [-0.25, -0.2) is 0 Å². The van der Waals surface area contributed by atoms with E-state index in [-0.39, 0.29) is 25.2 Å². The van der Waals surface area contributed by atoms with Crippen LogP contribution in [0.4, 0.5) is 0 Å². The zero-order chi connectivity index (χ0) is 21.7. The third-order valence-electron chi connectivity index (χ3n) is 5.14. The summed E-state index contributed by atoms with van der Waals surface area (Å²) in [5.74, 6) is 0. The van der Waals surface area contributed by atoms with Gasteiger partial charge < -0.3 is 33.2 Å². The molecular formula is C22H46O7. The third-order valence-corrected chi connectivity index (χ3v) is 5.14. The van der Waals surface area contributed by atoms with Gasteiger partial charge in [-0.05, 0) is 51.4 Å². The monoisotopic (exact) mass is 422 g/mol. The predicted octanol–water partition coefficient (Wildman–Crippen LogP) is 4.87. The van der Waals surface area contributed by atoms with Crippen LogP contribution in [0.2, 0.25) is 0 Å². The molecule has 0 aliphatic heterocycles. The molecule has 0 amide bonds. The Balaban J connectivity index is 3.81. The Morgan fingerprint density at radius 3 is 0.828 bits per heavy atom. The highest BCUT2D eigenvalue weighted by Crippen LogP contribution is 2.17. The van der Waals surface area contributed by atoms with Crippen molar-refractivity contribution in [3.8, 4) is 0 Å². The lowest BCUT2D eigenvalue weighted by atomic mass is 10.1. The molecule has 0 rings (SSSR count). The maximum atomic E-state index is 5.98. The summed E-state index contributed by atoms with van der Waals surface area (Å²) in [6.07, 6.45) is 11.9. The molecule has 0 aromatic carbocycles. The average Bonchev–Trinajstić information content (AvgIpc) is 2.76. The molecule has 0 aromatic heterocycles. The van der Waals surface area contributed by atoms with E-state index in [0.717, 1.165) is 77.0 Å². The Labute approximate surface area is 178 Å². The number of ether oxygens (including phenoxy) is 7. The maximum absolute atomic E-state index is 5.98. The van der Waals surface area contributed by atoms with Crippen molar-refractivity contribution in [2.75, 3.05) is 42.7 Å². The average molecular weight is 423 g/mol. The lowest BCUT2D eigenvalue weighted by Crippen LogP contribution is -2.25. The topological polar surface area (TPSA) is 64.6 Å². The van der Waals surface area contributed by atoms with Crippen molar-refractivity contribution >= 4 is 0 Å². The fourth-order valence-electron chi connectivity index (χ4n) is 3.27. The van der Waals surface area contributed by atoms with Gasteiger partial charge in [-0.3, -0.25) is 0 Å². The summed E-state index contributed by atoms with van der Waals surface area (Å²) in [5, 5.41) is 0. The molecular weight excluding hydrogens is 376 g/mol. The first kappa shape index (κ1) is 28.7. The molecule has 0 radical (unpaired) electrons. The Bertz CT molecular complexity index is 292. The molecule has 2 unspecified atom stereocenters. The second-order valence-electron chi connectivity index (χ2n) is 7.25. The van der Waals surface area contributed by atoms with Gasteiger partial charge in [0.25, 0.3) is 0 Å². The SMILES string of the molecule is COC(CCCCCCC(OC)OC(CCCCCCC(OC)OC)OC)OC. The van der Waals surface area contributed by atoms with Crippen molar-refractivity contribution < 1.29 is 33.2 Å². The van der Waals surface area contributed by atoms with E-state index in [0.29, 0.717) is 0 Å². The Hall–Kier alpha value is -0.280. The molecule has 0 N–H and O–H groups in total. The molecule has 7 heteroatoms. The third kappa shape index (κ3) is 16.1. The summed E-state index contributed by atoms with van der Waals surface area (Å²) in [5.41, 5.74) is 0. The molecule has 176 valence electrons. The maximum Gasteiger partial charge on any atom is 0.160 e. The zero-order valence-corrected chi connectivity index (χ0v) is 19.7. The fraction of sp³-hybridized carbons (Fsp3) is 1.00. The van der Waals surface area contributed by atoms with Gasteiger partial charge >= 0.3 is 0 Å². The van der Waals surface area contributed by atoms with Crippen molar-refractivity contribution in [2.45, 2.75) is 102 Å². The lowest BCUT2D eigenvalue weighted by molar-refractivity contribution is -0.233.